The van der Waals surface area contributed by atoms with E-state index in [4.69, 9.17) is 21.0 Å². The number of rotatable bonds is 4. The first-order valence-corrected chi connectivity index (χ1v) is 11.1. The van der Waals surface area contributed by atoms with E-state index in [0.29, 0.717) is 40.8 Å². The highest BCUT2D eigenvalue weighted by molar-refractivity contribution is 6.30. The van der Waals surface area contributed by atoms with E-state index in [9.17, 15) is 4.79 Å². The zero-order valence-electron chi connectivity index (χ0n) is 18.0. The highest BCUT2D eigenvalue weighted by Gasteiger charge is 2.26. The summed E-state index contributed by atoms with van der Waals surface area (Å²) in [6.07, 6.45) is 3.35. The molecule has 0 bridgehead atoms. The van der Waals surface area contributed by atoms with Gasteiger partial charge in [0.25, 0.3) is 5.91 Å². The molecule has 0 saturated carbocycles. The first-order chi connectivity index (χ1) is 15.5. The fourth-order valence-electron chi connectivity index (χ4n) is 4.13. The van der Waals surface area contributed by atoms with Gasteiger partial charge < -0.3 is 14.2 Å². The number of amides is 1. The van der Waals surface area contributed by atoms with Crippen LogP contribution >= 0.6 is 11.6 Å². The van der Waals surface area contributed by atoms with Crippen LogP contribution in [0.1, 0.15) is 30.2 Å². The van der Waals surface area contributed by atoms with Crippen molar-refractivity contribution in [2.75, 3.05) is 31.1 Å². The molecule has 1 aliphatic heterocycles. The maximum atomic E-state index is 13.6. The average molecular weight is 450 g/mol. The van der Waals surface area contributed by atoms with Crippen molar-refractivity contribution in [3.8, 4) is 11.5 Å². The van der Waals surface area contributed by atoms with E-state index in [-0.39, 0.29) is 11.9 Å². The third-order valence-corrected chi connectivity index (χ3v) is 6.04. The highest BCUT2D eigenvalue weighted by atomic mass is 35.5. The molecule has 4 aromatic rings. The number of benzene rings is 1. The zero-order chi connectivity index (χ0) is 22.2. The number of carbonyl (C=O) groups excluding carboxylic acids is 1. The summed E-state index contributed by atoms with van der Waals surface area (Å²) in [4.78, 5) is 22.5. The third kappa shape index (κ3) is 3.73. The molecule has 32 heavy (non-hydrogen) atoms. The Kier molecular flexibility index (Phi) is 5.35. The average Bonchev–Trinajstić information content (AvgIpc) is 3.48. The SMILES string of the molecule is CC(C)n1ncc2c(C(=O)N3CCN(c4cccc(Cl)c4)CC3)cc(-c3ccco3)nc21. The van der Waals surface area contributed by atoms with E-state index < -0.39 is 0 Å². The summed E-state index contributed by atoms with van der Waals surface area (Å²) in [5.41, 5.74) is 3.00. The monoisotopic (exact) mass is 449 g/mol. The third-order valence-electron chi connectivity index (χ3n) is 5.80. The second kappa shape index (κ2) is 8.31. The molecule has 1 saturated heterocycles. The summed E-state index contributed by atoms with van der Waals surface area (Å²) in [6, 6.07) is 13.4. The van der Waals surface area contributed by atoms with Crippen molar-refractivity contribution < 1.29 is 9.21 Å². The maximum Gasteiger partial charge on any atom is 0.254 e. The number of fused-ring (bicyclic) bond motifs is 1. The summed E-state index contributed by atoms with van der Waals surface area (Å²) in [5.74, 6) is 0.613. The van der Waals surface area contributed by atoms with E-state index in [0.717, 1.165) is 24.2 Å². The Hall–Kier alpha value is -3.32. The van der Waals surface area contributed by atoms with Crippen molar-refractivity contribution in [3.05, 3.63) is 65.5 Å². The van der Waals surface area contributed by atoms with E-state index in [2.05, 4.69) is 10.00 Å². The van der Waals surface area contributed by atoms with Crippen molar-refractivity contribution >= 4 is 34.2 Å². The molecule has 1 fully saturated rings. The molecular weight excluding hydrogens is 426 g/mol. The predicted molar refractivity (Wildman–Crippen MR) is 125 cm³/mol. The molecule has 8 heteroatoms. The first kappa shape index (κ1) is 20.6. The molecule has 4 heterocycles. The number of aromatic nitrogens is 3. The molecule has 5 rings (SSSR count). The minimum absolute atomic E-state index is 0.0146. The number of nitrogens with zero attached hydrogens (tertiary/aromatic N) is 5. The van der Waals surface area contributed by atoms with Crippen LogP contribution in [0, 0.1) is 0 Å². The van der Waals surface area contributed by atoms with Gasteiger partial charge in [0.2, 0.25) is 0 Å². The molecular formula is C24H24ClN5O2. The van der Waals surface area contributed by atoms with Gasteiger partial charge in [-0.15, -0.1) is 0 Å². The van der Waals surface area contributed by atoms with Crippen LogP contribution in [-0.4, -0.2) is 51.8 Å². The summed E-state index contributed by atoms with van der Waals surface area (Å²) in [7, 11) is 0. The fourth-order valence-corrected chi connectivity index (χ4v) is 4.32. The Morgan fingerprint density at radius 2 is 1.91 bits per heavy atom. The highest BCUT2D eigenvalue weighted by Crippen LogP contribution is 2.28. The van der Waals surface area contributed by atoms with Crippen molar-refractivity contribution in [2.45, 2.75) is 19.9 Å². The van der Waals surface area contributed by atoms with Gasteiger partial charge in [0.05, 0.1) is 23.4 Å². The lowest BCUT2D eigenvalue weighted by molar-refractivity contribution is 0.0748. The minimum atomic E-state index is -0.0146. The molecule has 0 aliphatic carbocycles. The Morgan fingerprint density at radius 3 is 2.59 bits per heavy atom. The van der Waals surface area contributed by atoms with Gasteiger partial charge in [-0.05, 0) is 50.2 Å². The molecule has 1 aliphatic rings. The lowest BCUT2D eigenvalue weighted by atomic mass is 10.1. The van der Waals surface area contributed by atoms with Gasteiger partial charge in [0.1, 0.15) is 5.69 Å². The Balaban J connectivity index is 1.46. The first-order valence-electron chi connectivity index (χ1n) is 10.7. The Bertz CT molecular complexity index is 1260. The number of furan rings is 1. The van der Waals surface area contributed by atoms with Gasteiger partial charge in [0.15, 0.2) is 11.4 Å². The number of hydrogen-bond donors (Lipinski definition) is 0. The summed E-state index contributed by atoms with van der Waals surface area (Å²) in [5, 5.41) is 5.97. The second-order valence-electron chi connectivity index (χ2n) is 8.21. The summed E-state index contributed by atoms with van der Waals surface area (Å²) < 4.78 is 7.41. The number of carbonyl (C=O) groups is 1. The minimum Gasteiger partial charge on any atom is -0.463 e. The molecule has 0 N–H and O–H groups in total. The normalized spacial score (nSPS) is 14.5. The smallest absolute Gasteiger partial charge is 0.254 e. The number of halogens is 1. The van der Waals surface area contributed by atoms with Gasteiger partial charge in [-0.3, -0.25) is 4.79 Å². The predicted octanol–water partition coefficient (Wildman–Crippen LogP) is 4.89. The molecule has 7 nitrogen and oxygen atoms in total. The summed E-state index contributed by atoms with van der Waals surface area (Å²) >= 11 is 6.15. The quantitative estimate of drug-likeness (QED) is 0.444. The van der Waals surface area contributed by atoms with Crippen molar-refractivity contribution in [3.63, 3.8) is 0 Å². The number of anilines is 1. The molecule has 164 valence electrons. The van der Waals surface area contributed by atoms with Crippen LogP contribution in [0.5, 0.6) is 0 Å². The lowest BCUT2D eigenvalue weighted by Gasteiger charge is -2.36. The van der Waals surface area contributed by atoms with Crippen molar-refractivity contribution in [1.29, 1.82) is 0 Å². The van der Waals surface area contributed by atoms with Crippen LogP contribution < -0.4 is 4.90 Å². The van der Waals surface area contributed by atoms with Crippen LogP contribution in [0.3, 0.4) is 0 Å². The van der Waals surface area contributed by atoms with E-state index in [1.54, 1.807) is 12.5 Å². The standard InChI is InChI=1S/C24H24ClN5O2/c1-16(2)30-23-20(15-26-30)19(14-21(27-23)22-7-4-12-32-22)24(31)29-10-8-28(9-11-29)18-6-3-5-17(25)13-18/h3-7,12-16H,8-11H2,1-2H3. The summed E-state index contributed by atoms with van der Waals surface area (Å²) in [6.45, 7) is 6.84. The van der Waals surface area contributed by atoms with Crippen molar-refractivity contribution in [2.24, 2.45) is 0 Å². The van der Waals surface area contributed by atoms with Crippen LogP contribution in [0.15, 0.2) is 59.3 Å². The molecule has 1 aromatic carbocycles. The molecule has 1 amide bonds. The van der Waals surface area contributed by atoms with Gasteiger partial charge in [-0.2, -0.15) is 5.10 Å². The Morgan fingerprint density at radius 1 is 1.09 bits per heavy atom. The van der Waals surface area contributed by atoms with E-state index in [1.807, 2.05) is 65.9 Å². The van der Waals surface area contributed by atoms with Crippen LogP contribution in [-0.2, 0) is 0 Å². The van der Waals surface area contributed by atoms with Gasteiger partial charge >= 0.3 is 0 Å². The Labute approximate surface area is 191 Å². The molecule has 0 atom stereocenters. The van der Waals surface area contributed by atoms with Crippen LogP contribution in [0.2, 0.25) is 5.02 Å². The maximum absolute atomic E-state index is 13.6. The topological polar surface area (TPSA) is 67.4 Å². The number of pyridine rings is 1. The largest absolute Gasteiger partial charge is 0.463 e. The molecule has 0 radical (unpaired) electrons. The fraction of sp³-hybridized carbons (Fsp3) is 0.292. The van der Waals surface area contributed by atoms with Crippen LogP contribution in [0.4, 0.5) is 5.69 Å². The van der Waals surface area contributed by atoms with Gasteiger partial charge in [-0.25, -0.2) is 9.67 Å². The van der Waals surface area contributed by atoms with E-state index in [1.165, 1.54) is 0 Å². The van der Waals surface area contributed by atoms with Gasteiger partial charge in [0, 0.05) is 42.9 Å². The number of piperazine rings is 1. The molecule has 3 aromatic heterocycles. The number of hydrogen-bond acceptors (Lipinski definition) is 5. The zero-order valence-corrected chi connectivity index (χ0v) is 18.8. The van der Waals surface area contributed by atoms with Crippen LogP contribution in [0.25, 0.3) is 22.5 Å². The van der Waals surface area contributed by atoms with E-state index >= 15 is 0 Å². The van der Waals surface area contributed by atoms with Crippen molar-refractivity contribution in [1.82, 2.24) is 19.7 Å². The molecule has 0 unspecified atom stereocenters. The lowest BCUT2D eigenvalue weighted by Crippen LogP contribution is -2.48. The van der Waals surface area contributed by atoms with Gasteiger partial charge in [-0.1, -0.05) is 17.7 Å². The molecule has 0 spiro atoms. The second-order valence-corrected chi connectivity index (χ2v) is 8.65.